The molecule has 0 radical (unpaired) electrons. The molecule has 0 saturated heterocycles. The molecule has 2 rings (SSSR count). The molecule has 110 valence electrons. The fraction of sp³-hybridized carbons (Fsp3) is 0.533. The SMILES string of the molecule is CC(C)NC(=O)COc1ccc(F)cc1CNC1CC1. The molecule has 1 aromatic rings. The quantitative estimate of drug-likeness (QED) is 0.803. The Bertz CT molecular complexity index is 473. The highest BCUT2D eigenvalue weighted by Gasteiger charge is 2.21. The number of ether oxygens (including phenoxy) is 1. The molecule has 5 heteroatoms. The van der Waals surface area contributed by atoms with Crippen molar-refractivity contribution >= 4 is 5.91 Å². The summed E-state index contributed by atoms with van der Waals surface area (Å²) in [6.45, 7) is 4.28. The average molecular weight is 280 g/mol. The van der Waals surface area contributed by atoms with Crippen LogP contribution in [0.4, 0.5) is 4.39 Å². The molecule has 0 atom stereocenters. The highest BCUT2D eigenvalue weighted by molar-refractivity contribution is 5.77. The van der Waals surface area contributed by atoms with Gasteiger partial charge in [0.1, 0.15) is 11.6 Å². The van der Waals surface area contributed by atoms with E-state index in [2.05, 4.69) is 10.6 Å². The lowest BCUT2D eigenvalue weighted by molar-refractivity contribution is -0.123. The van der Waals surface area contributed by atoms with Crippen LogP contribution in [0.15, 0.2) is 18.2 Å². The zero-order chi connectivity index (χ0) is 14.5. The molecule has 1 amide bonds. The molecule has 20 heavy (non-hydrogen) atoms. The number of benzene rings is 1. The summed E-state index contributed by atoms with van der Waals surface area (Å²) in [4.78, 5) is 11.6. The molecule has 0 unspecified atom stereocenters. The first-order chi connectivity index (χ1) is 9.54. The number of halogens is 1. The third-order valence-electron chi connectivity index (χ3n) is 2.99. The Balaban J connectivity index is 1.92. The first kappa shape index (κ1) is 14.8. The van der Waals surface area contributed by atoms with Crippen LogP contribution >= 0.6 is 0 Å². The first-order valence-corrected chi connectivity index (χ1v) is 6.98. The topological polar surface area (TPSA) is 50.4 Å². The number of amides is 1. The Morgan fingerprint density at radius 1 is 1.45 bits per heavy atom. The largest absolute Gasteiger partial charge is 0.483 e. The van der Waals surface area contributed by atoms with E-state index in [1.807, 2.05) is 13.8 Å². The lowest BCUT2D eigenvalue weighted by Gasteiger charge is -2.13. The second-order valence-corrected chi connectivity index (χ2v) is 5.42. The van der Waals surface area contributed by atoms with Crippen LogP contribution in [-0.4, -0.2) is 24.6 Å². The number of nitrogens with one attached hydrogen (secondary N) is 2. The van der Waals surface area contributed by atoms with E-state index >= 15 is 0 Å². The van der Waals surface area contributed by atoms with Gasteiger partial charge in [-0.25, -0.2) is 4.39 Å². The monoisotopic (exact) mass is 280 g/mol. The van der Waals surface area contributed by atoms with E-state index in [4.69, 9.17) is 4.74 Å². The highest BCUT2D eigenvalue weighted by Crippen LogP contribution is 2.23. The summed E-state index contributed by atoms with van der Waals surface area (Å²) >= 11 is 0. The van der Waals surface area contributed by atoms with Crippen LogP contribution < -0.4 is 15.4 Å². The molecule has 0 spiro atoms. The third kappa shape index (κ3) is 4.81. The minimum absolute atomic E-state index is 0.0553. The third-order valence-corrected chi connectivity index (χ3v) is 2.99. The number of hydrogen-bond donors (Lipinski definition) is 2. The Labute approximate surface area is 118 Å². The molecule has 0 bridgehead atoms. The van der Waals surface area contributed by atoms with Crippen molar-refractivity contribution in [1.29, 1.82) is 0 Å². The Morgan fingerprint density at radius 2 is 2.20 bits per heavy atom. The highest BCUT2D eigenvalue weighted by atomic mass is 19.1. The van der Waals surface area contributed by atoms with E-state index in [0.717, 1.165) is 5.56 Å². The second-order valence-electron chi connectivity index (χ2n) is 5.42. The van der Waals surface area contributed by atoms with Crippen LogP contribution in [0.2, 0.25) is 0 Å². The molecule has 0 aromatic heterocycles. The zero-order valence-corrected chi connectivity index (χ0v) is 11.9. The Kier molecular flexibility index (Phi) is 4.95. The van der Waals surface area contributed by atoms with Gasteiger partial charge in [-0.3, -0.25) is 4.79 Å². The Morgan fingerprint density at radius 3 is 2.85 bits per heavy atom. The van der Waals surface area contributed by atoms with Crippen molar-refractivity contribution in [2.75, 3.05) is 6.61 Å². The fourth-order valence-electron chi connectivity index (χ4n) is 1.88. The van der Waals surface area contributed by atoms with Crippen LogP contribution in [0.25, 0.3) is 0 Å². The molecule has 0 heterocycles. The number of hydrogen-bond acceptors (Lipinski definition) is 3. The maximum absolute atomic E-state index is 13.3. The lowest BCUT2D eigenvalue weighted by atomic mass is 10.2. The molecule has 0 aliphatic heterocycles. The minimum Gasteiger partial charge on any atom is -0.483 e. The molecule has 4 nitrogen and oxygen atoms in total. The maximum Gasteiger partial charge on any atom is 0.258 e. The van der Waals surface area contributed by atoms with E-state index < -0.39 is 0 Å². The molecule has 1 aliphatic rings. The van der Waals surface area contributed by atoms with Gasteiger partial charge in [-0.1, -0.05) is 0 Å². The van der Waals surface area contributed by atoms with E-state index in [-0.39, 0.29) is 24.4 Å². The van der Waals surface area contributed by atoms with Gasteiger partial charge in [-0.05, 0) is 44.9 Å². The van der Waals surface area contributed by atoms with Gasteiger partial charge in [0, 0.05) is 24.2 Å². The van der Waals surface area contributed by atoms with Crippen molar-refractivity contribution in [3.8, 4) is 5.75 Å². The van der Waals surface area contributed by atoms with Gasteiger partial charge in [0.2, 0.25) is 0 Å². The van der Waals surface area contributed by atoms with E-state index in [1.54, 1.807) is 6.07 Å². The lowest BCUT2D eigenvalue weighted by Crippen LogP contribution is -2.34. The van der Waals surface area contributed by atoms with E-state index in [1.165, 1.54) is 25.0 Å². The van der Waals surface area contributed by atoms with Gasteiger partial charge in [-0.15, -0.1) is 0 Å². The van der Waals surface area contributed by atoms with Crippen molar-refractivity contribution in [2.24, 2.45) is 0 Å². The van der Waals surface area contributed by atoms with Gasteiger partial charge >= 0.3 is 0 Å². The van der Waals surface area contributed by atoms with Gasteiger partial charge in [0.15, 0.2) is 6.61 Å². The second kappa shape index (κ2) is 6.70. The van der Waals surface area contributed by atoms with Crippen molar-refractivity contribution < 1.29 is 13.9 Å². The number of carbonyl (C=O) groups excluding carboxylic acids is 1. The molecule has 1 saturated carbocycles. The molecular weight excluding hydrogens is 259 g/mol. The summed E-state index contributed by atoms with van der Waals surface area (Å²) in [5.41, 5.74) is 0.745. The molecule has 1 aliphatic carbocycles. The molecule has 1 fully saturated rings. The average Bonchev–Trinajstić information content (AvgIpc) is 3.18. The fourth-order valence-corrected chi connectivity index (χ4v) is 1.88. The van der Waals surface area contributed by atoms with Crippen LogP contribution in [-0.2, 0) is 11.3 Å². The van der Waals surface area contributed by atoms with Gasteiger partial charge < -0.3 is 15.4 Å². The van der Waals surface area contributed by atoms with Crippen LogP contribution in [0, 0.1) is 5.82 Å². The van der Waals surface area contributed by atoms with Gasteiger partial charge in [0.05, 0.1) is 0 Å². The summed E-state index contributed by atoms with van der Waals surface area (Å²) < 4.78 is 18.8. The summed E-state index contributed by atoms with van der Waals surface area (Å²) in [6.07, 6.45) is 2.34. The predicted octanol–water partition coefficient (Wildman–Crippen LogP) is 1.98. The summed E-state index contributed by atoms with van der Waals surface area (Å²) in [6, 6.07) is 4.98. The summed E-state index contributed by atoms with van der Waals surface area (Å²) in [5, 5.41) is 6.06. The van der Waals surface area contributed by atoms with Gasteiger partial charge in [0.25, 0.3) is 5.91 Å². The van der Waals surface area contributed by atoms with Crippen LogP contribution in [0.5, 0.6) is 5.75 Å². The normalized spacial score (nSPS) is 14.4. The molecular formula is C15H21FN2O2. The van der Waals surface area contributed by atoms with Gasteiger partial charge in [-0.2, -0.15) is 0 Å². The summed E-state index contributed by atoms with van der Waals surface area (Å²) in [5.74, 6) is 0.0838. The van der Waals surface area contributed by atoms with Crippen molar-refractivity contribution in [3.05, 3.63) is 29.6 Å². The van der Waals surface area contributed by atoms with E-state index in [9.17, 15) is 9.18 Å². The number of carbonyl (C=O) groups is 1. The van der Waals surface area contributed by atoms with E-state index in [0.29, 0.717) is 18.3 Å². The number of rotatable bonds is 7. The molecule has 2 N–H and O–H groups in total. The van der Waals surface area contributed by atoms with Crippen molar-refractivity contribution in [3.63, 3.8) is 0 Å². The molecule has 1 aromatic carbocycles. The minimum atomic E-state index is -0.295. The summed E-state index contributed by atoms with van der Waals surface area (Å²) in [7, 11) is 0. The predicted molar refractivity (Wildman–Crippen MR) is 75.0 cm³/mol. The standard InChI is InChI=1S/C15H21FN2O2/c1-10(2)18-15(19)9-20-14-6-3-12(16)7-11(14)8-17-13-4-5-13/h3,6-7,10,13,17H,4-5,8-9H2,1-2H3,(H,18,19). The first-order valence-electron chi connectivity index (χ1n) is 6.98. The van der Waals surface area contributed by atoms with Crippen LogP contribution in [0.1, 0.15) is 32.3 Å². The zero-order valence-electron chi connectivity index (χ0n) is 11.9. The smallest absolute Gasteiger partial charge is 0.258 e. The van der Waals surface area contributed by atoms with Crippen molar-refractivity contribution in [1.82, 2.24) is 10.6 Å². The Hall–Kier alpha value is -1.62. The van der Waals surface area contributed by atoms with Crippen LogP contribution in [0.3, 0.4) is 0 Å². The van der Waals surface area contributed by atoms with Crippen molar-refractivity contribution in [2.45, 2.75) is 45.3 Å². The maximum atomic E-state index is 13.3.